The van der Waals surface area contributed by atoms with Gasteiger partial charge in [0.05, 0.1) is 12.0 Å². The van der Waals surface area contributed by atoms with Crippen LogP contribution < -0.4 is 21.1 Å². The van der Waals surface area contributed by atoms with Gasteiger partial charge in [0.15, 0.2) is 0 Å². The predicted molar refractivity (Wildman–Crippen MR) is 128 cm³/mol. The second-order valence-electron chi connectivity index (χ2n) is 9.15. The summed E-state index contributed by atoms with van der Waals surface area (Å²) in [6, 6.07) is 5.47. The van der Waals surface area contributed by atoms with Crippen molar-refractivity contribution in [3.8, 4) is 0 Å². The zero-order valence-electron chi connectivity index (χ0n) is 19.1. The Hall–Kier alpha value is -3.53. The lowest BCUT2D eigenvalue weighted by Gasteiger charge is -2.27. The van der Waals surface area contributed by atoms with Crippen LogP contribution >= 0.6 is 0 Å². The molecule has 3 aromatic rings. The van der Waals surface area contributed by atoms with E-state index in [1.54, 1.807) is 12.3 Å². The van der Waals surface area contributed by atoms with Crippen molar-refractivity contribution in [2.45, 2.75) is 45.7 Å². The summed E-state index contributed by atoms with van der Waals surface area (Å²) in [5.41, 5.74) is -0.535. The standard InChI is InChI=1S/C23H29N7O3/c1-23(2,3)28-21-20-15(4-7-30(10-11-31)22(20)33)12-18(27-21)26-17-13-19(25-14-24-17)29-8-5-16(32)6-9-29/h4,7,12-14,31H,5-6,8-11H2,1-3H3,(H2,24,25,26,27,28). The Kier molecular flexibility index (Phi) is 6.28. The number of pyridine rings is 2. The first-order chi connectivity index (χ1) is 15.7. The van der Waals surface area contributed by atoms with E-state index >= 15 is 0 Å². The molecule has 1 aliphatic rings. The number of hydrogen-bond acceptors (Lipinski definition) is 9. The fraction of sp³-hybridized carbons (Fsp3) is 0.435. The number of carbonyl (C=O) groups is 1. The highest BCUT2D eigenvalue weighted by atomic mass is 16.3. The average Bonchev–Trinajstić information content (AvgIpc) is 2.75. The van der Waals surface area contributed by atoms with Crippen LogP contribution in [0.15, 0.2) is 35.5 Å². The number of ketones is 1. The van der Waals surface area contributed by atoms with Gasteiger partial charge in [0.25, 0.3) is 5.56 Å². The van der Waals surface area contributed by atoms with Crippen LogP contribution in [0, 0.1) is 0 Å². The van der Waals surface area contributed by atoms with Crippen molar-refractivity contribution in [3.05, 3.63) is 41.1 Å². The second-order valence-corrected chi connectivity index (χ2v) is 9.15. The van der Waals surface area contributed by atoms with E-state index < -0.39 is 0 Å². The first-order valence-electron chi connectivity index (χ1n) is 11.0. The maximum atomic E-state index is 13.0. The fourth-order valence-electron chi connectivity index (χ4n) is 3.80. The smallest absolute Gasteiger partial charge is 0.262 e. The minimum Gasteiger partial charge on any atom is -0.395 e. The number of aliphatic hydroxyl groups is 1. The topological polar surface area (TPSA) is 125 Å². The lowest BCUT2D eigenvalue weighted by atomic mass is 10.1. The Bertz CT molecular complexity index is 1220. The third-order valence-corrected chi connectivity index (χ3v) is 5.35. The molecule has 33 heavy (non-hydrogen) atoms. The zero-order chi connectivity index (χ0) is 23.6. The second kappa shape index (κ2) is 9.14. The summed E-state index contributed by atoms with van der Waals surface area (Å²) in [6.45, 7) is 7.37. The Morgan fingerprint density at radius 1 is 1.09 bits per heavy atom. The third-order valence-electron chi connectivity index (χ3n) is 5.35. The molecule has 0 bridgehead atoms. The molecule has 174 valence electrons. The van der Waals surface area contributed by atoms with Crippen LogP contribution in [-0.2, 0) is 11.3 Å². The van der Waals surface area contributed by atoms with E-state index in [1.807, 2.05) is 32.9 Å². The van der Waals surface area contributed by atoms with Crippen LogP contribution in [0.4, 0.5) is 23.3 Å². The Morgan fingerprint density at radius 3 is 2.55 bits per heavy atom. The highest BCUT2D eigenvalue weighted by molar-refractivity contribution is 5.93. The van der Waals surface area contributed by atoms with Gasteiger partial charge in [-0.05, 0) is 38.3 Å². The first-order valence-corrected chi connectivity index (χ1v) is 11.0. The molecule has 10 heteroatoms. The molecule has 0 aromatic carbocycles. The van der Waals surface area contributed by atoms with Crippen molar-refractivity contribution in [2.75, 3.05) is 35.2 Å². The van der Waals surface area contributed by atoms with Crippen LogP contribution in [-0.4, -0.2) is 55.6 Å². The van der Waals surface area contributed by atoms with E-state index in [0.717, 1.165) is 11.2 Å². The molecule has 10 nitrogen and oxygen atoms in total. The summed E-state index contributed by atoms with van der Waals surface area (Å²) in [5.74, 6) is 2.59. The SMILES string of the molecule is CC(C)(C)Nc1nc(Nc2cc(N3CCC(=O)CC3)ncn2)cc2ccn(CCO)c(=O)c12. The number of nitrogens with one attached hydrogen (secondary N) is 2. The van der Waals surface area contributed by atoms with Crippen molar-refractivity contribution in [1.82, 2.24) is 19.5 Å². The van der Waals surface area contributed by atoms with Gasteiger partial charge in [-0.15, -0.1) is 0 Å². The number of rotatable bonds is 6. The molecule has 3 aromatic heterocycles. The molecule has 1 fully saturated rings. The molecule has 4 heterocycles. The number of fused-ring (bicyclic) bond motifs is 1. The van der Waals surface area contributed by atoms with Gasteiger partial charge in [-0.3, -0.25) is 9.59 Å². The van der Waals surface area contributed by atoms with Crippen LogP contribution in [0.1, 0.15) is 33.6 Å². The van der Waals surface area contributed by atoms with Gasteiger partial charge in [-0.25, -0.2) is 15.0 Å². The molecule has 1 aliphatic heterocycles. The van der Waals surface area contributed by atoms with Crippen LogP contribution in [0.25, 0.3) is 10.8 Å². The number of anilines is 4. The van der Waals surface area contributed by atoms with Crippen molar-refractivity contribution in [1.29, 1.82) is 0 Å². The molecule has 0 saturated carbocycles. The third kappa shape index (κ3) is 5.28. The number of aliphatic hydroxyl groups excluding tert-OH is 1. The normalized spacial score (nSPS) is 14.5. The average molecular weight is 452 g/mol. The van der Waals surface area contributed by atoms with Gasteiger partial charge in [-0.1, -0.05) is 0 Å². The number of aromatic nitrogens is 4. The molecule has 3 N–H and O–H groups in total. The number of hydrogen-bond donors (Lipinski definition) is 3. The lowest BCUT2D eigenvalue weighted by Crippen LogP contribution is -2.34. The fourth-order valence-corrected chi connectivity index (χ4v) is 3.80. The van der Waals surface area contributed by atoms with E-state index in [2.05, 4.69) is 30.5 Å². The van der Waals surface area contributed by atoms with Crippen molar-refractivity contribution < 1.29 is 9.90 Å². The van der Waals surface area contributed by atoms with Crippen molar-refractivity contribution >= 4 is 39.8 Å². The van der Waals surface area contributed by atoms with Gasteiger partial charge in [0.2, 0.25) is 0 Å². The monoisotopic (exact) mass is 451 g/mol. The Morgan fingerprint density at radius 2 is 1.85 bits per heavy atom. The van der Waals surface area contributed by atoms with E-state index in [-0.39, 0.29) is 30.0 Å². The van der Waals surface area contributed by atoms with Gasteiger partial charge in [0, 0.05) is 50.3 Å². The van der Waals surface area contributed by atoms with E-state index in [9.17, 15) is 14.7 Å². The van der Waals surface area contributed by atoms with E-state index in [0.29, 0.717) is 48.8 Å². The minimum atomic E-state index is -0.323. The molecule has 0 spiro atoms. The minimum absolute atomic E-state index is 0.123. The predicted octanol–water partition coefficient (Wildman–Crippen LogP) is 2.30. The highest BCUT2D eigenvalue weighted by Crippen LogP contribution is 2.27. The molecule has 0 atom stereocenters. The summed E-state index contributed by atoms with van der Waals surface area (Å²) < 4.78 is 1.48. The molecule has 1 saturated heterocycles. The maximum absolute atomic E-state index is 13.0. The summed E-state index contributed by atoms with van der Waals surface area (Å²) in [7, 11) is 0. The molecular formula is C23H29N7O3. The first kappa shape index (κ1) is 22.7. The summed E-state index contributed by atoms with van der Waals surface area (Å²) >= 11 is 0. The van der Waals surface area contributed by atoms with Crippen molar-refractivity contribution in [3.63, 3.8) is 0 Å². The van der Waals surface area contributed by atoms with Crippen molar-refractivity contribution in [2.24, 2.45) is 0 Å². The largest absolute Gasteiger partial charge is 0.395 e. The summed E-state index contributed by atoms with van der Waals surface area (Å²) in [6.07, 6.45) is 4.20. The molecule has 4 rings (SSSR count). The highest BCUT2D eigenvalue weighted by Gasteiger charge is 2.19. The quantitative estimate of drug-likeness (QED) is 0.517. The summed E-state index contributed by atoms with van der Waals surface area (Å²) in [4.78, 5) is 40.0. The number of Topliss-reactive ketones (excluding diaryl/α,β-unsaturated/α-hetero) is 1. The summed E-state index contributed by atoms with van der Waals surface area (Å²) in [5, 5.41) is 17.0. The number of piperidine rings is 1. The van der Waals surface area contributed by atoms with E-state index in [1.165, 1.54) is 10.9 Å². The molecule has 0 amide bonds. The van der Waals surface area contributed by atoms with Crippen LogP contribution in [0.5, 0.6) is 0 Å². The van der Waals surface area contributed by atoms with Gasteiger partial charge >= 0.3 is 0 Å². The van der Waals surface area contributed by atoms with Gasteiger partial charge < -0.3 is 25.2 Å². The Labute approximate surface area is 191 Å². The van der Waals surface area contributed by atoms with Crippen LogP contribution in [0.3, 0.4) is 0 Å². The number of nitrogens with zero attached hydrogens (tertiary/aromatic N) is 5. The molecule has 0 aliphatic carbocycles. The van der Waals surface area contributed by atoms with E-state index in [4.69, 9.17) is 0 Å². The molecular weight excluding hydrogens is 422 g/mol. The van der Waals surface area contributed by atoms with Gasteiger partial charge in [-0.2, -0.15) is 0 Å². The zero-order valence-corrected chi connectivity index (χ0v) is 19.1. The molecule has 0 unspecified atom stereocenters. The van der Waals surface area contributed by atoms with Crippen LogP contribution in [0.2, 0.25) is 0 Å². The maximum Gasteiger partial charge on any atom is 0.262 e. The lowest BCUT2D eigenvalue weighted by molar-refractivity contribution is -0.119. The molecule has 0 radical (unpaired) electrons. The van der Waals surface area contributed by atoms with Gasteiger partial charge in [0.1, 0.15) is 35.4 Å². The Balaban J connectivity index is 1.70. The number of carbonyl (C=O) groups excluding carboxylic acids is 1.